The molecule has 2 aliphatic heterocycles. The Balaban J connectivity index is 1.55. The summed E-state index contributed by atoms with van der Waals surface area (Å²) in [7, 11) is 3.33. The Bertz CT molecular complexity index is 947. The molecule has 1 unspecified atom stereocenters. The van der Waals surface area contributed by atoms with Gasteiger partial charge in [-0.2, -0.15) is 5.01 Å². The smallest absolute Gasteiger partial charge is 0.180 e. The van der Waals surface area contributed by atoms with Crippen molar-refractivity contribution in [3.8, 4) is 17.2 Å². The van der Waals surface area contributed by atoms with Gasteiger partial charge in [-0.15, -0.1) is 0 Å². The Labute approximate surface area is 172 Å². The van der Waals surface area contributed by atoms with E-state index in [-0.39, 0.29) is 11.8 Å². The van der Waals surface area contributed by atoms with Crippen LogP contribution in [0.2, 0.25) is 0 Å². The van der Waals surface area contributed by atoms with E-state index >= 15 is 0 Å². The number of nitrogens with zero attached hydrogens (tertiary/aromatic N) is 1. The first-order valence-corrected chi connectivity index (χ1v) is 10.4. The molecule has 1 spiro atoms. The van der Waals surface area contributed by atoms with Gasteiger partial charge in [0.2, 0.25) is 0 Å². The molecule has 0 saturated heterocycles. The molecular weight excluding hydrogens is 364 g/mol. The number of fused-ring (bicyclic) bond motifs is 4. The summed E-state index contributed by atoms with van der Waals surface area (Å²) in [5.41, 5.74) is 6.75. The maximum atomic E-state index is 6.67. The standard InChI is InChI=1S/C24H28N2O3/c1-16-10-12-24(13-11-16)26-20(18-6-4-5-7-21(18)29-24)15-19(25-26)17-8-9-22(27-2)23(14-17)28-3/h4-9,14-16,20,25H,10-13H2,1-3H3. The van der Waals surface area contributed by atoms with Gasteiger partial charge in [0.1, 0.15) is 5.75 Å². The maximum Gasteiger partial charge on any atom is 0.180 e. The molecule has 2 aromatic rings. The van der Waals surface area contributed by atoms with E-state index in [1.165, 1.54) is 18.4 Å². The van der Waals surface area contributed by atoms with E-state index in [9.17, 15) is 0 Å². The van der Waals surface area contributed by atoms with Crippen LogP contribution in [-0.4, -0.2) is 25.0 Å². The molecule has 3 aliphatic rings. The van der Waals surface area contributed by atoms with Crippen LogP contribution in [-0.2, 0) is 0 Å². The molecule has 2 heterocycles. The van der Waals surface area contributed by atoms with Gasteiger partial charge in [0.05, 0.1) is 26.0 Å². The second-order valence-electron chi connectivity index (χ2n) is 8.35. The van der Waals surface area contributed by atoms with Gasteiger partial charge in [-0.05, 0) is 49.1 Å². The lowest BCUT2D eigenvalue weighted by molar-refractivity contribution is -0.155. The minimum atomic E-state index is -0.305. The van der Waals surface area contributed by atoms with Crippen LogP contribution in [0.4, 0.5) is 0 Å². The second-order valence-corrected chi connectivity index (χ2v) is 8.35. The van der Waals surface area contributed by atoms with Crippen LogP contribution in [0.5, 0.6) is 17.2 Å². The average Bonchev–Trinajstić information content (AvgIpc) is 3.22. The highest BCUT2D eigenvalue weighted by Gasteiger charge is 2.51. The fourth-order valence-corrected chi connectivity index (χ4v) is 4.85. The second kappa shape index (κ2) is 6.99. The first kappa shape index (κ1) is 18.4. The van der Waals surface area contributed by atoms with Crippen molar-refractivity contribution in [3.05, 3.63) is 59.7 Å². The number of hydrogen-bond acceptors (Lipinski definition) is 5. The van der Waals surface area contributed by atoms with Crippen LogP contribution >= 0.6 is 0 Å². The number of para-hydroxylation sites is 1. The van der Waals surface area contributed by atoms with E-state index in [4.69, 9.17) is 14.2 Å². The summed E-state index contributed by atoms with van der Waals surface area (Å²) in [6, 6.07) is 14.6. The van der Waals surface area contributed by atoms with Gasteiger partial charge in [-0.25, -0.2) is 0 Å². The minimum absolute atomic E-state index is 0.149. The highest BCUT2D eigenvalue weighted by atomic mass is 16.5. The molecule has 29 heavy (non-hydrogen) atoms. The van der Waals surface area contributed by atoms with E-state index in [2.05, 4.69) is 53.8 Å². The van der Waals surface area contributed by atoms with Crippen LogP contribution in [0.1, 0.15) is 49.8 Å². The van der Waals surface area contributed by atoms with Gasteiger partial charge in [0, 0.05) is 24.0 Å². The summed E-state index contributed by atoms with van der Waals surface area (Å²) in [4.78, 5) is 0. The maximum absolute atomic E-state index is 6.67. The minimum Gasteiger partial charge on any atom is -0.493 e. The Morgan fingerprint density at radius 2 is 1.79 bits per heavy atom. The van der Waals surface area contributed by atoms with Crippen molar-refractivity contribution in [3.63, 3.8) is 0 Å². The van der Waals surface area contributed by atoms with Crippen LogP contribution in [0.25, 0.3) is 5.70 Å². The van der Waals surface area contributed by atoms with Crippen molar-refractivity contribution in [1.29, 1.82) is 0 Å². The molecular formula is C24H28N2O3. The van der Waals surface area contributed by atoms with Crippen molar-refractivity contribution in [2.45, 2.75) is 44.4 Å². The molecule has 1 saturated carbocycles. The fourth-order valence-electron chi connectivity index (χ4n) is 4.85. The van der Waals surface area contributed by atoms with Crippen molar-refractivity contribution >= 4 is 5.70 Å². The summed E-state index contributed by atoms with van der Waals surface area (Å²) in [5.74, 6) is 3.23. The molecule has 5 heteroatoms. The normalized spacial score (nSPS) is 28.0. The lowest BCUT2D eigenvalue weighted by Gasteiger charge is -2.51. The van der Waals surface area contributed by atoms with Crippen LogP contribution in [0, 0.1) is 5.92 Å². The number of hydrogen-bond donors (Lipinski definition) is 1. The molecule has 0 bridgehead atoms. The van der Waals surface area contributed by atoms with Gasteiger partial charge in [-0.1, -0.05) is 25.1 Å². The van der Waals surface area contributed by atoms with Crippen molar-refractivity contribution in [2.24, 2.45) is 5.92 Å². The topological polar surface area (TPSA) is 43.0 Å². The number of ether oxygens (including phenoxy) is 3. The molecule has 5 nitrogen and oxygen atoms in total. The summed E-state index contributed by atoms with van der Waals surface area (Å²) in [6.07, 6.45) is 6.72. The van der Waals surface area contributed by atoms with Crippen molar-refractivity contribution in [1.82, 2.24) is 10.4 Å². The molecule has 152 valence electrons. The van der Waals surface area contributed by atoms with Crippen molar-refractivity contribution < 1.29 is 14.2 Å². The third kappa shape index (κ3) is 2.96. The predicted octanol–water partition coefficient (Wildman–Crippen LogP) is 4.91. The molecule has 0 amide bonds. The Morgan fingerprint density at radius 3 is 2.55 bits per heavy atom. The third-order valence-corrected chi connectivity index (χ3v) is 6.57. The molecule has 2 aromatic carbocycles. The van der Waals surface area contributed by atoms with Crippen LogP contribution < -0.4 is 19.6 Å². The largest absolute Gasteiger partial charge is 0.493 e. The van der Waals surface area contributed by atoms with Gasteiger partial charge < -0.3 is 19.6 Å². The molecule has 1 fully saturated rings. The zero-order chi connectivity index (χ0) is 20.0. The van der Waals surface area contributed by atoms with E-state index < -0.39 is 0 Å². The van der Waals surface area contributed by atoms with Gasteiger partial charge in [-0.3, -0.25) is 0 Å². The lowest BCUT2D eigenvalue weighted by atomic mass is 9.82. The van der Waals surface area contributed by atoms with Gasteiger partial charge in [0.15, 0.2) is 17.2 Å². The number of benzene rings is 2. The molecule has 5 rings (SSSR count). The first-order valence-electron chi connectivity index (χ1n) is 10.4. The third-order valence-electron chi connectivity index (χ3n) is 6.57. The zero-order valence-electron chi connectivity index (χ0n) is 17.3. The number of nitrogens with one attached hydrogen (secondary N) is 1. The summed E-state index contributed by atoms with van der Waals surface area (Å²) >= 11 is 0. The number of hydrazine groups is 1. The molecule has 0 radical (unpaired) electrons. The SMILES string of the molecule is COc1ccc(C2=CC3c4ccccc4OC4(CCC(C)CC4)N3N2)cc1OC. The molecule has 0 aromatic heterocycles. The lowest BCUT2D eigenvalue weighted by Crippen LogP contribution is -2.60. The van der Waals surface area contributed by atoms with E-state index in [1.807, 2.05) is 12.1 Å². The summed E-state index contributed by atoms with van der Waals surface area (Å²) in [5, 5.41) is 2.34. The summed E-state index contributed by atoms with van der Waals surface area (Å²) in [6.45, 7) is 2.34. The Hall–Kier alpha value is -2.66. The fraction of sp³-hybridized carbons (Fsp3) is 0.417. The first-order chi connectivity index (χ1) is 14.1. The van der Waals surface area contributed by atoms with E-state index in [0.717, 1.165) is 47.3 Å². The van der Waals surface area contributed by atoms with Crippen molar-refractivity contribution in [2.75, 3.05) is 14.2 Å². The van der Waals surface area contributed by atoms with Crippen LogP contribution in [0.3, 0.4) is 0 Å². The zero-order valence-corrected chi connectivity index (χ0v) is 17.3. The number of methoxy groups -OCH3 is 2. The quantitative estimate of drug-likeness (QED) is 0.804. The van der Waals surface area contributed by atoms with E-state index in [0.29, 0.717) is 0 Å². The summed E-state index contributed by atoms with van der Waals surface area (Å²) < 4.78 is 17.6. The van der Waals surface area contributed by atoms with E-state index in [1.54, 1.807) is 14.2 Å². The van der Waals surface area contributed by atoms with Gasteiger partial charge in [0.25, 0.3) is 0 Å². The highest BCUT2D eigenvalue weighted by molar-refractivity contribution is 5.70. The molecule has 1 aliphatic carbocycles. The number of rotatable bonds is 3. The van der Waals surface area contributed by atoms with Gasteiger partial charge >= 0.3 is 0 Å². The highest BCUT2D eigenvalue weighted by Crippen LogP contribution is 2.50. The average molecular weight is 392 g/mol. The molecule has 1 atom stereocenters. The van der Waals surface area contributed by atoms with Crippen LogP contribution in [0.15, 0.2) is 48.5 Å². The predicted molar refractivity (Wildman–Crippen MR) is 113 cm³/mol. The Kier molecular flexibility index (Phi) is 4.43. The molecule has 1 N–H and O–H groups in total. The Morgan fingerprint density at radius 1 is 1.03 bits per heavy atom. The monoisotopic (exact) mass is 392 g/mol.